The van der Waals surface area contributed by atoms with E-state index in [2.05, 4.69) is 4.98 Å². The van der Waals surface area contributed by atoms with E-state index in [1.807, 2.05) is 48.5 Å². The van der Waals surface area contributed by atoms with Crippen molar-refractivity contribution in [2.45, 2.75) is 12.8 Å². The molecule has 0 fully saturated rings. The molecule has 0 saturated carbocycles. The number of carbonyl (C=O) groups is 1. The number of fused-ring (bicyclic) bond motifs is 1. The van der Waals surface area contributed by atoms with Crippen LogP contribution in [0.1, 0.15) is 16.8 Å². The van der Waals surface area contributed by atoms with Crippen molar-refractivity contribution in [1.82, 2.24) is 4.98 Å². The van der Waals surface area contributed by atoms with E-state index < -0.39 is 0 Å². The molecule has 1 aromatic heterocycles. The van der Waals surface area contributed by atoms with Gasteiger partial charge in [-0.25, -0.2) is 0 Å². The number of hydrogen-bond acceptors (Lipinski definition) is 4. The van der Waals surface area contributed by atoms with E-state index in [0.717, 1.165) is 39.8 Å². The van der Waals surface area contributed by atoms with E-state index in [0.29, 0.717) is 0 Å². The molecule has 0 amide bonds. The van der Waals surface area contributed by atoms with Crippen LogP contribution in [0, 0.1) is 0 Å². The highest BCUT2D eigenvalue weighted by Crippen LogP contribution is 2.24. The lowest BCUT2D eigenvalue weighted by molar-refractivity contribution is -0.139. The number of hydrogen-bond donors (Lipinski definition) is 0. The summed E-state index contributed by atoms with van der Waals surface area (Å²) in [5.74, 6) is 0.579. The number of carbonyl (C=O) groups excluding carboxylic acids is 1. The molecule has 0 aliphatic carbocycles. The maximum atomic E-state index is 11.6. The minimum Gasteiger partial charge on any atom is -0.497 e. The second-order valence-corrected chi connectivity index (χ2v) is 5.55. The van der Waals surface area contributed by atoms with Gasteiger partial charge in [0.05, 0.1) is 26.3 Å². The smallest absolute Gasteiger partial charge is 0.310 e. The number of esters is 1. The van der Waals surface area contributed by atoms with Crippen LogP contribution in [0.2, 0.25) is 0 Å². The van der Waals surface area contributed by atoms with Crippen LogP contribution in [0.4, 0.5) is 0 Å². The number of ether oxygens (including phenoxy) is 2. The lowest BCUT2D eigenvalue weighted by Crippen LogP contribution is -2.06. The summed E-state index contributed by atoms with van der Waals surface area (Å²) < 4.78 is 9.97. The van der Waals surface area contributed by atoms with Gasteiger partial charge in [-0.2, -0.15) is 0 Å². The number of methoxy groups -OCH3 is 2. The molecule has 1 heterocycles. The second-order valence-electron chi connectivity index (χ2n) is 5.55. The molecular weight excluding hydrogens is 302 g/mol. The molecule has 2 aromatic carbocycles. The zero-order valence-electron chi connectivity index (χ0n) is 13.8. The number of aromatic nitrogens is 1. The first-order valence-electron chi connectivity index (χ1n) is 7.76. The highest BCUT2D eigenvalue weighted by molar-refractivity contribution is 5.90. The van der Waals surface area contributed by atoms with Crippen LogP contribution in [0.15, 0.2) is 54.7 Å². The summed E-state index contributed by atoms with van der Waals surface area (Å²) in [6.45, 7) is 0. The lowest BCUT2D eigenvalue weighted by atomic mass is 9.99. The summed E-state index contributed by atoms with van der Waals surface area (Å²) in [6.07, 6.45) is 2.73. The third kappa shape index (κ3) is 3.38. The molecule has 0 aliphatic heterocycles. The Morgan fingerprint density at radius 2 is 1.71 bits per heavy atom. The summed E-state index contributed by atoms with van der Waals surface area (Å²) in [7, 11) is 3.06. The Morgan fingerprint density at radius 3 is 2.38 bits per heavy atom. The van der Waals surface area contributed by atoms with Crippen LogP contribution in [0.3, 0.4) is 0 Å². The Bertz CT molecular complexity index is 856. The van der Waals surface area contributed by atoms with Gasteiger partial charge in [0.2, 0.25) is 0 Å². The van der Waals surface area contributed by atoms with Gasteiger partial charge >= 0.3 is 5.97 Å². The fraction of sp³-hybridized carbons (Fsp3) is 0.200. The fourth-order valence-electron chi connectivity index (χ4n) is 2.76. The maximum Gasteiger partial charge on any atom is 0.310 e. The summed E-state index contributed by atoms with van der Waals surface area (Å²) in [5.41, 5.74) is 3.04. The van der Waals surface area contributed by atoms with Gasteiger partial charge in [0.25, 0.3) is 0 Å². The van der Waals surface area contributed by atoms with E-state index in [4.69, 9.17) is 9.47 Å². The molecule has 0 unspecified atom stereocenters. The molecule has 0 atom stereocenters. The Hall–Kier alpha value is -2.88. The Labute approximate surface area is 141 Å². The van der Waals surface area contributed by atoms with Gasteiger partial charge in [-0.05, 0) is 28.6 Å². The predicted octanol–water partition coefficient (Wildman–Crippen LogP) is 3.55. The topological polar surface area (TPSA) is 48.4 Å². The molecule has 122 valence electrons. The minimum absolute atomic E-state index is 0.229. The van der Waals surface area contributed by atoms with Gasteiger partial charge < -0.3 is 9.47 Å². The summed E-state index contributed by atoms with van der Waals surface area (Å²) in [6, 6.07) is 16.0. The van der Waals surface area contributed by atoms with E-state index in [1.165, 1.54) is 7.11 Å². The van der Waals surface area contributed by atoms with Gasteiger partial charge in [0.15, 0.2) is 0 Å². The van der Waals surface area contributed by atoms with Crippen molar-refractivity contribution in [3.8, 4) is 5.75 Å². The maximum absolute atomic E-state index is 11.6. The van der Waals surface area contributed by atoms with Gasteiger partial charge in [-0.3, -0.25) is 9.78 Å². The van der Waals surface area contributed by atoms with Crippen molar-refractivity contribution in [1.29, 1.82) is 0 Å². The third-order valence-electron chi connectivity index (χ3n) is 4.05. The molecule has 0 bridgehead atoms. The first-order valence-corrected chi connectivity index (χ1v) is 7.76. The number of pyridine rings is 1. The zero-order valence-corrected chi connectivity index (χ0v) is 13.8. The highest BCUT2D eigenvalue weighted by Gasteiger charge is 2.11. The zero-order chi connectivity index (χ0) is 16.9. The molecule has 3 aromatic rings. The van der Waals surface area contributed by atoms with Crippen molar-refractivity contribution in [2.75, 3.05) is 14.2 Å². The van der Waals surface area contributed by atoms with E-state index in [9.17, 15) is 4.79 Å². The third-order valence-corrected chi connectivity index (χ3v) is 4.05. The summed E-state index contributed by atoms with van der Waals surface area (Å²) in [5, 5.41) is 2.11. The van der Waals surface area contributed by atoms with Gasteiger partial charge in [0, 0.05) is 18.0 Å². The Morgan fingerprint density at radius 1 is 1.00 bits per heavy atom. The molecular formula is C20H19NO3. The second kappa shape index (κ2) is 7.13. The lowest BCUT2D eigenvalue weighted by Gasteiger charge is -2.10. The van der Waals surface area contributed by atoms with Crippen LogP contribution < -0.4 is 4.74 Å². The first-order chi connectivity index (χ1) is 11.7. The molecule has 0 N–H and O–H groups in total. The molecule has 0 saturated heterocycles. The Balaban J connectivity index is 1.96. The first kappa shape index (κ1) is 16.0. The van der Waals surface area contributed by atoms with Crippen molar-refractivity contribution >= 4 is 16.7 Å². The van der Waals surface area contributed by atoms with Gasteiger partial charge in [-0.15, -0.1) is 0 Å². The van der Waals surface area contributed by atoms with Crippen LogP contribution in [-0.2, 0) is 22.4 Å². The molecule has 4 heteroatoms. The summed E-state index contributed by atoms with van der Waals surface area (Å²) in [4.78, 5) is 16.2. The van der Waals surface area contributed by atoms with Crippen molar-refractivity contribution in [2.24, 2.45) is 0 Å². The highest BCUT2D eigenvalue weighted by atomic mass is 16.5. The van der Waals surface area contributed by atoms with E-state index in [-0.39, 0.29) is 12.4 Å². The van der Waals surface area contributed by atoms with E-state index >= 15 is 0 Å². The average molecular weight is 321 g/mol. The van der Waals surface area contributed by atoms with E-state index in [1.54, 1.807) is 13.3 Å². The molecule has 0 aliphatic rings. The Kier molecular flexibility index (Phi) is 4.75. The minimum atomic E-state index is -0.259. The summed E-state index contributed by atoms with van der Waals surface area (Å²) >= 11 is 0. The largest absolute Gasteiger partial charge is 0.497 e. The predicted molar refractivity (Wildman–Crippen MR) is 93.3 cm³/mol. The molecule has 3 rings (SSSR count). The van der Waals surface area contributed by atoms with Gasteiger partial charge in [-0.1, -0.05) is 36.4 Å². The standard InChI is InChI=1S/C20H19NO3/c1-23-16-9-7-14(8-10-16)11-19-18-6-4-3-5-17(18)15(13-21-19)12-20(22)24-2/h3-10,13H,11-12H2,1-2H3. The monoisotopic (exact) mass is 321 g/mol. The normalized spacial score (nSPS) is 10.6. The fourth-order valence-corrected chi connectivity index (χ4v) is 2.76. The van der Waals surface area contributed by atoms with Crippen LogP contribution >= 0.6 is 0 Å². The molecule has 4 nitrogen and oxygen atoms in total. The average Bonchev–Trinajstić information content (AvgIpc) is 2.64. The molecule has 0 radical (unpaired) electrons. The van der Waals surface area contributed by atoms with Crippen LogP contribution in [-0.4, -0.2) is 25.2 Å². The number of nitrogens with zero attached hydrogens (tertiary/aromatic N) is 1. The van der Waals surface area contributed by atoms with Crippen LogP contribution in [0.25, 0.3) is 10.8 Å². The SMILES string of the molecule is COC(=O)Cc1cnc(Cc2ccc(OC)cc2)c2ccccc12. The number of benzene rings is 2. The quantitative estimate of drug-likeness (QED) is 0.674. The molecule has 0 spiro atoms. The molecule has 24 heavy (non-hydrogen) atoms. The van der Waals surface area contributed by atoms with Crippen molar-refractivity contribution in [3.63, 3.8) is 0 Å². The number of rotatable bonds is 5. The van der Waals surface area contributed by atoms with Crippen molar-refractivity contribution < 1.29 is 14.3 Å². The van der Waals surface area contributed by atoms with Crippen LogP contribution in [0.5, 0.6) is 5.75 Å². The van der Waals surface area contributed by atoms with Crippen molar-refractivity contribution in [3.05, 3.63) is 71.5 Å². The van der Waals surface area contributed by atoms with Gasteiger partial charge in [0.1, 0.15) is 5.75 Å².